The standard InChI is InChI=1S/C19H19F3N2O5S/c1-12(18(25)23-15-6-4-3-5-14(15)19(20,21)22)24(30(2,26)27)13-7-8-16-17(11-13)29-10-9-28-16/h3-8,11-12H,9-10H2,1-2H3,(H,23,25)/t12-/m1/s1. The Morgan fingerprint density at radius 2 is 1.73 bits per heavy atom. The van der Waals surface area contributed by atoms with Crippen LogP contribution >= 0.6 is 0 Å². The lowest BCUT2D eigenvalue weighted by molar-refractivity contribution is -0.137. The lowest BCUT2D eigenvalue weighted by atomic mass is 10.1. The third kappa shape index (κ3) is 4.61. The zero-order valence-electron chi connectivity index (χ0n) is 16.1. The predicted octanol–water partition coefficient (Wildman–Crippen LogP) is 3.27. The largest absolute Gasteiger partial charge is 0.486 e. The van der Waals surface area contributed by atoms with E-state index in [1.54, 1.807) is 0 Å². The first-order valence-electron chi connectivity index (χ1n) is 8.84. The average molecular weight is 444 g/mol. The molecule has 3 rings (SSSR count). The van der Waals surface area contributed by atoms with Crippen LogP contribution in [0.1, 0.15) is 12.5 Å². The van der Waals surface area contributed by atoms with Crippen molar-refractivity contribution >= 4 is 27.3 Å². The molecule has 0 saturated carbocycles. The average Bonchev–Trinajstić information content (AvgIpc) is 2.66. The minimum atomic E-state index is -4.68. The van der Waals surface area contributed by atoms with Gasteiger partial charge in [-0.25, -0.2) is 8.42 Å². The second-order valence-electron chi connectivity index (χ2n) is 6.60. The molecule has 7 nitrogen and oxygen atoms in total. The first kappa shape index (κ1) is 21.8. The van der Waals surface area contributed by atoms with Crippen molar-refractivity contribution in [2.24, 2.45) is 0 Å². The number of benzene rings is 2. The van der Waals surface area contributed by atoms with Gasteiger partial charge in [0.05, 0.1) is 23.2 Å². The van der Waals surface area contributed by atoms with Crippen LogP contribution in [-0.4, -0.2) is 39.8 Å². The van der Waals surface area contributed by atoms with Crippen LogP contribution in [0.4, 0.5) is 24.5 Å². The lowest BCUT2D eigenvalue weighted by Gasteiger charge is -2.29. The number of fused-ring (bicyclic) bond motifs is 1. The van der Waals surface area contributed by atoms with Crippen LogP contribution in [0.3, 0.4) is 0 Å². The molecule has 0 saturated heterocycles. The van der Waals surface area contributed by atoms with Gasteiger partial charge in [-0.15, -0.1) is 0 Å². The summed E-state index contributed by atoms with van der Waals surface area (Å²) in [5.74, 6) is -0.191. The number of sulfonamides is 1. The molecule has 2 aromatic carbocycles. The van der Waals surface area contributed by atoms with Crippen molar-refractivity contribution in [1.29, 1.82) is 0 Å². The molecule has 30 heavy (non-hydrogen) atoms. The van der Waals surface area contributed by atoms with Gasteiger partial charge in [-0.3, -0.25) is 9.10 Å². The predicted molar refractivity (Wildman–Crippen MR) is 104 cm³/mol. The van der Waals surface area contributed by atoms with Crippen LogP contribution in [0.15, 0.2) is 42.5 Å². The minimum absolute atomic E-state index is 0.119. The van der Waals surface area contributed by atoms with Crippen LogP contribution in [0.5, 0.6) is 11.5 Å². The molecule has 1 atom stereocenters. The topological polar surface area (TPSA) is 84.9 Å². The summed E-state index contributed by atoms with van der Waals surface area (Å²) in [6.07, 6.45) is -3.78. The first-order chi connectivity index (χ1) is 14.0. The van der Waals surface area contributed by atoms with E-state index in [0.29, 0.717) is 18.1 Å². The van der Waals surface area contributed by atoms with Crippen molar-refractivity contribution in [3.8, 4) is 11.5 Å². The van der Waals surface area contributed by atoms with Gasteiger partial charge in [-0.1, -0.05) is 12.1 Å². The Bertz CT molecular complexity index is 1060. The molecule has 0 unspecified atom stereocenters. The summed E-state index contributed by atoms with van der Waals surface area (Å²) in [4.78, 5) is 12.7. The van der Waals surface area contributed by atoms with E-state index in [1.807, 2.05) is 0 Å². The molecule has 1 aliphatic heterocycles. The van der Waals surface area contributed by atoms with Crippen molar-refractivity contribution in [1.82, 2.24) is 0 Å². The van der Waals surface area contributed by atoms with Crippen molar-refractivity contribution in [2.75, 3.05) is 29.1 Å². The molecule has 1 aliphatic rings. The van der Waals surface area contributed by atoms with E-state index in [0.717, 1.165) is 22.7 Å². The van der Waals surface area contributed by atoms with E-state index < -0.39 is 39.4 Å². The van der Waals surface area contributed by atoms with Crippen molar-refractivity contribution in [3.63, 3.8) is 0 Å². The third-order valence-electron chi connectivity index (χ3n) is 4.36. The molecule has 1 N–H and O–H groups in total. The quantitative estimate of drug-likeness (QED) is 0.765. The number of alkyl halides is 3. The van der Waals surface area contributed by atoms with E-state index in [2.05, 4.69) is 5.32 Å². The number of nitrogens with one attached hydrogen (secondary N) is 1. The maximum Gasteiger partial charge on any atom is 0.418 e. The number of anilines is 2. The highest BCUT2D eigenvalue weighted by Gasteiger charge is 2.35. The molecule has 0 aromatic heterocycles. The summed E-state index contributed by atoms with van der Waals surface area (Å²) in [6.45, 7) is 1.91. The number of nitrogens with zero attached hydrogens (tertiary/aromatic N) is 1. The fraction of sp³-hybridized carbons (Fsp3) is 0.316. The first-order valence-corrected chi connectivity index (χ1v) is 10.7. The van der Waals surface area contributed by atoms with E-state index >= 15 is 0 Å². The fourth-order valence-corrected chi connectivity index (χ4v) is 4.22. The minimum Gasteiger partial charge on any atom is -0.486 e. The van der Waals surface area contributed by atoms with Gasteiger partial charge in [0, 0.05) is 6.07 Å². The third-order valence-corrected chi connectivity index (χ3v) is 5.60. The number of halogens is 3. The Hall–Kier alpha value is -2.95. The Labute approximate surface area is 171 Å². The second kappa shape index (κ2) is 8.05. The molecule has 162 valence electrons. The summed E-state index contributed by atoms with van der Waals surface area (Å²) < 4.78 is 76.1. The highest BCUT2D eigenvalue weighted by Crippen LogP contribution is 2.37. The van der Waals surface area contributed by atoms with Crippen molar-refractivity contribution in [2.45, 2.75) is 19.1 Å². The molecule has 2 aromatic rings. The maximum absolute atomic E-state index is 13.2. The zero-order chi connectivity index (χ0) is 22.1. The summed E-state index contributed by atoms with van der Waals surface area (Å²) in [7, 11) is -3.97. The zero-order valence-corrected chi connectivity index (χ0v) is 16.9. The Balaban J connectivity index is 1.92. The number of hydrogen-bond acceptors (Lipinski definition) is 5. The molecule has 0 fully saturated rings. The lowest BCUT2D eigenvalue weighted by Crippen LogP contribution is -2.45. The highest BCUT2D eigenvalue weighted by atomic mass is 32.2. The number of carbonyl (C=O) groups is 1. The molecule has 1 amide bonds. The van der Waals surface area contributed by atoms with Gasteiger partial charge in [0.1, 0.15) is 19.3 Å². The van der Waals surface area contributed by atoms with Gasteiger partial charge in [-0.05, 0) is 31.2 Å². The molecule has 0 bridgehead atoms. The SMILES string of the molecule is C[C@H](C(=O)Nc1ccccc1C(F)(F)F)N(c1ccc2c(c1)OCCO2)S(C)(=O)=O. The van der Waals surface area contributed by atoms with Gasteiger partial charge >= 0.3 is 6.18 Å². The monoisotopic (exact) mass is 444 g/mol. The van der Waals surface area contributed by atoms with Crippen LogP contribution < -0.4 is 19.1 Å². The smallest absolute Gasteiger partial charge is 0.418 e. The Morgan fingerprint density at radius 1 is 1.10 bits per heavy atom. The van der Waals surface area contributed by atoms with Gasteiger partial charge in [0.25, 0.3) is 0 Å². The van der Waals surface area contributed by atoms with Gasteiger partial charge < -0.3 is 14.8 Å². The summed E-state index contributed by atoms with van der Waals surface area (Å²) in [5, 5.41) is 2.18. The number of amides is 1. The van der Waals surface area contributed by atoms with Crippen molar-refractivity contribution in [3.05, 3.63) is 48.0 Å². The Kier molecular flexibility index (Phi) is 5.84. The summed E-state index contributed by atoms with van der Waals surface area (Å²) >= 11 is 0. The van der Waals surface area contributed by atoms with Crippen LogP contribution in [0, 0.1) is 0 Å². The summed E-state index contributed by atoms with van der Waals surface area (Å²) in [5.41, 5.74) is -1.37. The van der Waals surface area contributed by atoms with Gasteiger partial charge in [-0.2, -0.15) is 13.2 Å². The van der Waals surface area contributed by atoms with E-state index in [4.69, 9.17) is 9.47 Å². The second-order valence-corrected chi connectivity index (χ2v) is 8.45. The highest BCUT2D eigenvalue weighted by molar-refractivity contribution is 7.92. The van der Waals surface area contributed by atoms with Gasteiger partial charge in [0.2, 0.25) is 15.9 Å². The van der Waals surface area contributed by atoms with Crippen LogP contribution in [0.2, 0.25) is 0 Å². The molecule has 1 heterocycles. The van der Waals surface area contributed by atoms with Gasteiger partial charge in [0.15, 0.2) is 11.5 Å². The molecule has 0 aliphatic carbocycles. The molecule has 0 radical (unpaired) electrons. The Morgan fingerprint density at radius 3 is 2.37 bits per heavy atom. The maximum atomic E-state index is 13.2. The molecular weight excluding hydrogens is 425 g/mol. The van der Waals surface area contributed by atoms with E-state index in [9.17, 15) is 26.4 Å². The molecule has 11 heteroatoms. The van der Waals surface area contributed by atoms with Crippen LogP contribution in [-0.2, 0) is 21.0 Å². The number of carbonyl (C=O) groups excluding carboxylic acids is 1. The van der Waals surface area contributed by atoms with E-state index in [-0.39, 0.29) is 12.3 Å². The number of rotatable bonds is 5. The number of ether oxygens (including phenoxy) is 2. The van der Waals surface area contributed by atoms with Crippen molar-refractivity contribution < 1.29 is 35.9 Å². The molecular formula is C19H19F3N2O5S. The van der Waals surface area contributed by atoms with E-state index in [1.165, 1.54) is 37.3 Å². The number of para-hydroxylation sites is 1. The fourth-order valence-electron chi connectivity index (χ4n) is 3.05. The number of hydrogen-bond donors (Lipinski definition) is 1. The molecule has 0 spiro atoms. The summed E-state index contributed by atoms with van der Waals surface area (Å²) in [6, 6.07) is 7.46. The normalized spacial score (nSPS) is 14.7. The van der Waals surface area contributed by atoms with Crippen LogP contribution in [0.25, 0.3) is 0 Å².